The second kappa shape index (κ2) is 7.66. The zero-order chi connectivity index (χ0) is 16.9. The quantitative estimate of drug-likeness (QED) is 0.877. The molecule has 3 rings (SSSR count). The predicted octanol–water partition coefficient (Wildman–Crippen LogP) is 1.95. The van der Waals surface area contributed by atoms with Crippen molar-refractivity contribution in [3.63, 3.8) is 0 Å². The molecule has 0 aliphatic carbocycles. The highest BCUT2D eigenvalue weighted by atomic mass is 16.3. The van der Waals surface area contributed by atoms with Crippen molar-refractivity contribution in [2.45, 2.75) is 44.7 Å². The molecule has 0 saturated carbocycles. The van der Waals surface area contributed by atoms with Crippen molar-refractivity contribution in [1.82, 2.24) is 14.9 Å². The summed E-state index contributed by atoms with van der Waals surface area (Å²) in [4.78, 5) is 18.7. The molecule has 6 heteroatoms. The van der Waals surface area contributed by atoms with Crippen molar-refractivity contribution in [2.24, 2.45) is 7.05 Å². The Morgan fingerprint density at radius 3 is 3.17 bits per heavy atom. The number of nitrogens with zero attached hydrogens (tertiary/aromatic N) is 3. The Hall–Kier alpha value is -2.08. The third-order valence-corrected chi connectivity index (χ3v) is 4.64. The first-order chi connectivity index (χ1) is 11.6. The fourth-order valence-electron chi connectivity index (χ4n) is 3.31. The molecule has 0 unspecified atom stereocenters. The first-order valence-electron chi connectivity index (χ1n) is 8.68. The molecule has 2 aromatic rings. The molecule has 0 spiro atoms. The summed E-state index contributed by atoms with van der Waals surface area (Å²) in [6, 6.07) is 4.75. The maximum Gasteiger partial charge on any atom is 0.293 e. The lowest BCUT2D eigenvalue weighted by Crippen LogP contribution is -2.50. The first-order valence-corrected chi connectivity index (χ1v) is 8.68. The molecule has 1 aliphatic rings. The normalized spacial score (nSPS) is 19.4. The van der Waals surface area contributed by atoms with E-state index in [0.717, 1.165) is 44.5 Å². The zero-order valence-corrected chi connectivity index (χ0v) is 14.4. The van der Waals surface area contributed by atoms with E-state index in [1.165, 1.54) is 0 Å². The van der Waals surface area contributed by atoms with Crippen molar-refractivity contribution >= 4 is 5.82 Å². The molecule has 0 amide bonds. The minimum absolute atomic E-state index is 0.0241. The molecular weight excluding hydrogens is 304 g/mol. The number of rotatable bonds is 6. The first kappa shape index (κ1) is 16.8. The molecule has 3 heterocycles. The van der Waals surface area contributed by atoms with Crippen LogP contribution in [0.15, 0.2) is 40.0 Å². The fourth-order valence-corrected chi connectivity index (χ4v) is 3.31. The monoisotopic (exact) mass is 330 g/mol. The van der Waals surface area contributed by atoms with E-state index in [-0.39, 0.29) is 5.56 Å². The Balaban J connectivity index is 1.55. The van der Waals surface area contributed by atoms with E-state index in [1.807, 2.05) is 12.1 Å². The Labute approximate surface area is 142 Å². The Bertz CT molecular complexity index is 695. The number of piperidine rings is 1. The van der Waals surface area contributed by atoms with Gasteiger partial charge in [-0.05, 0) is 38.3 Å². The molecule has 0 radical (unpaired) electrons. The highest BCUT2D eigenvalue weighted by molar-refractivity contribution is 5.36. The Morgan fingerprint density at radius 2 is 2.38 bits per heavy atom. The van der Waals surface area contributed by atoms with Gasteiger partial charge in [0.25, 0.3) is 5.56 Å². The van der Waals surface area contributed by atoms with Crippen LogP contribution >= 0.6 is 0 Å². The smallest absolute Gasteiger partial charge is 0.293 e. The van der Waals surface area contributed by atoms with Crippen LogP contribution in [0.4, 0.5) is 5.82 Å². The number of aromatic nitrogens is 2. The molecule has 1 N–H and O–H groups in total. The van der Waals surface area contributed by atoms with Crippen LogP contribution in [0.5, 0.6) is 0 Å². The fraction of sp³-hybridized carbons (Fsp3) is 0.556. The third-order valence-electron chi connectivity index (χ3n) is 4.64. The van der Waals surface area contributed by atoms with Gasteiger partial charge in [0, 0.05) is 51.0 Å². The third kappa shape index (κ3) is 4.06. The summed E-state index contributed by atoms with van der Waals surface area (Å²) in [6.07, 6.45) is 9.30. The summed E-state index contributed by atoms with van der Waals surface area (Å²) in [7, 11) is 1.77. The van der Waals surface area contributed by atoms with Gasteiger partial charge < -0.3 is 19.2 Å². The van der Waals surface area contributed by atoms with Gasteiger partial charge in [0.05, 0.1) is 6.26 Å². The van der Waals surface area contributed by atoms with Crippen LogP contribution in [-0.2, 0) is 13.5 Å². The van der Waals surface area contributed by atoms with Crippen LogP contribution in [0.1, 0.15) is 31.9 Å². The summed E-state index contributed by atoms with van der Waals surface area (Å²) in [6.45, 7) is 3.93. The number of aryl methyl sites for hydroxylation is 2. The number of hydrogen-bond acceptors (Lipinski definition) is 5. The Morgan fingerprint density at radius 1 is 1.50 bits per heavy atom. The second-order valence-electron chi connectivity index (χ2n) is 6.64. The molecule has 2 atom stereocenters. The summed E-state index contributed by atoms with van der Waals surface area (Å²) >= 11 is 0. The molecule has 0 bridgehead atoms. The van der Waals surface area contributed by atoms with Crippen LogP contribution in [0.3, 0.4) is 0 Å². The number of anilines is 1. The summed E-state index contributed by atoms with van der Waals surface area (Å²) < 4.78 is 6.98. The van der Waals surface area contributed by atoms with Crippen molar-refractivity contribution in [2.75, 3.05) is 18.0 Å². The lowest BCUT2D eigenvalue weighted by molar-refractivity contribution is 0.366. The molecule has 24 heavy (non-hydrogen) atoms. The van der Waals surface area contributed by atoms with E-state index in [2.05, 4.69) is 22.1 Å². The largest absolute Gasteiger partial charge is 0.469 e. The van der Waals surface area contributed by atoms with E-state index in [4.69, 9.17) is 4.42 Å². The van der Waals surface area contributed by atoms with Crippen LogP contribution < -0.4 is 15.8 Å². The maximum atomic E-state index is 12.3. The van der Waals surface area contributed by atoms with E-state index >= 15 is 0 Å². The van der Waals surface area contributed by atoms with E-state index in [0.29, 0.717) is 17.9 Å². The van der Waals surface area contributed by atoms with Crippen molar-refractivity contribution in [3.05, 3.63) is 46.9 Å². The molecule has 1 aliphatic heterocycles. The number of nitrogens with one attached hydrogen (secondary N) is 1. The van der Waals surface area contributed by atoms with Crippen LogP contribution in [0.25, 0.3) is 0 Å². The van der Waals surface area contributed by atoms with Gasteiger partial charge in [-0.15, -0.1) is 0 Å². The summed E-state index contributed by atoms with van der Waals surface area (Å²) in [5, 5.41) is 3.70. The molecular formula is C18H26N4O2. The maximum absolute atomic E-state index is 12.3. The van der Waals surface area contributed by atoms with Gasteiger partial charge in [-0.25, -0.2) is 4.98 Å². The standard InChI is InChI=1S/C18H26N4O2/c1-14(7-8-16-6-4-12-24-16)20-15-5-3-10-22(13-15)17-18(23)21(2)11-9-19-17/h4,6,9,11-12,14-15,20H,3,5,7-8,10,13H2,1-2H3/t14-,15+/m1/s1. The molecule has 6 nitrogen and oxygen atoms in total. The number of furan rings is 1. The van der Waals surface area contributed by atoms with Gasteiger partial charge in [0.1, 0.15) is 5.76 Å². The van der Waals surface area contributed by atoms with Gasteiger partial charge in [-0.3, -0.25) is 4.79 Å². The predicted molar refractivity (Wildman–Crippen MR) is 94.3 cm³/mol. The van der Waals surface area contributed by atoms with Gasteiger partial charge in [0.2, 0.25) is 0 Å². The summed E-state index contributed by atoms with van der Waals surface area (Å²) in [5.74, 6) is 1.60. The SMILES string of the molecule is C[C@H](CCc1ccco1)N[C@H]1CCCN(c2nccn(C)c2=O)C1. The van der Waals surface area contributed by atoms with E-state index < -0.39 is 0 Å². The van der Waals surface area contributed by atoms with Gasteiger partial charge >= 0.3 is 0 Å². The zero-order valence-electron chi connectivity index (χ0n) is 14.4. The van der Waals surface area contributed by atoms with Gasteiger partial charge in [-0.1, -0.05) is 0 Å². The molecule has 2 aromatic heterocycles. The van der Waals surface area contributed by atoms with E-state index in [9.17, 15) is 4.79 Å². The van der Waals surface area contributed by atoms with Crippen LogP contribution in [0.2, 0.25) is 0 Å². The van der Waals surface area contributed by atoms with Crippen molar-refractivity contribution < 1.29 is 4.42 Å². The highest BCUT2D eigenvalue weighted by Crippen LogP contribution is 2.16. The molecule has 1 saturated heterocycles. The lowest BCUT2D eigenvalue weighted by atomic mass is 10.0. The Kier molecular flexibility index (Phi) is 5.35. The molecule has 1 fully saturated rings. The number of hydrogen-bond donors (Lipinski definition) is 1. The van der Waals surface area contributed by atoms with Crippen molar-refractivity contribution in [1.29, 1.82) is 0 Å². The topological polar surface area (TPSA) is 63.3 Å². The highest BCUT2D eigenvalue weighted by Gasteiger charge is 2.23. The van der Waals surface area contributed by atoms with E-state index in [1.54, 1.807) is 30.3 Å². The van der Waals surface area contributed by atoms with Gasteiger partial charge in [0.15, 0.2) is 5.82 Å². The van der Waals surface area contributed by atoms with Gasteiger partial charge in [-0.2, -0.15) is 0 Å². The average Bonchev–Trinajstić information content (AvgIpc) is 3.09. The van der Waals surface area contributed by atoms with Crippen LogP contribution in [0, 0.1) is 0 Å². The second-order valence-corrected chi connectivity index (χ2v) is 6.64. The molecule has 130 valence electrons. The lowest BCUT2D eigenvalue weighted by Gasteiger charge is -2.35. The minimum Gasteiger partial charge on any atom is -0.469 e. The summed E-state index contributed by atoms with van der Waals surface area (Å²) in [5.41, 5.74) is -0.0241. The molecule has 0 aromatic carbocycles. The van der Waals surface area contributed by atoms with Crippen LogP contribution in [-0.4, -0.2) is 34.7 Å². The average molecular weight is 330 g/mol. The minimum atomic E-state index is -0.0241. The van der Waals surface area contributed by atoms with Crippen molar-refractivity contribution in [3.8, 4) is 0 Å².